The average Bonchev–Trinajstić information content (AvgIpc) is 2.86. The predicted molar refractivity (Wildman–Crippen MR) is 132 cm³/mol. The number of anilines is 1. The van der Waals surface area contributed by atoms with E-state index >= 15 is 0 Å². The normalized spacial score (nSPS) is 14.6. The lowest BCUT2D eigenvalue weighted by Crippen LogP contribution is -2.44. The summed E-state index contributed by atoms with van der Waals surface area (Å²) in [6, 6.07) is 15.8. The summed E-state index contributed by atoms with van der Waals surface area (Å²) in [7, 11) is 3.13. The third-order valence-corrected chi connectivity index (χ3v) is 6.03. The minimum atomic E-state index is -0.470. The number of methoxy groups -OCH3 is 2. The van der Waals surface area contributed by atoms with Crippen LogP contribution in [0.15, 0.2) is 60.7 Å². The summed E-state index contributed by atoms with van der Waals surface area (Å²) in [6.45, 7) is 0.576. The monoisotopic (exact) mass is 497 g/mol. The van der Waals surface area contributed by atoms with Gasteiger partial charge < -0.3 is 24.4 Å². The molecule has 0 aromatic heterocycles. The smallest absolute Gasteiger partial charge is 0.322 e. The first-order valence-electron chi connectivity index (χ1n) is 10.8. The van der Waals surface area contributed by atoms with Gasteiger partial charge in [-0.2, -0.15) is 0 Å². The van der Waals surface area contributed by atoms with Crippen molar-refractivity contribution in [1.29, 1.82) is 0 Å². The van der Waals surface area contributed by atoms with Crippen LogP contribution in [0.5, 0.6) is 17.2 Å². The van der Waals surface area contributed by atoms with Crippen LogP contribution in [0.2, 0.25) is 5.02 Å². The lowest BCUT2D eigenvalue weighted by Gasteiger charge is -2.37. The number of nitrogens with one attached hydrogen (secondary N) is 1. The van der Waals surface area contributed by atoms with E-state index in [0.29, 0.717) is 40.9 Å². The summed E-state index contributed by atoms with van der Waals surface area (Å²) in [4.78, 5) is 25.5. The summed E-state index contributed by atoms with van der Waals surface area (Å²) in [5, 5.41) is 14.4. The molecule has 10 heteroatoms. The fourth-order valence-corrected chi connectivity index (χ4v) is 4.24. The van der Waals surface area contributed by atoms with Gasteiger partial charge in [-0.3, -0.25) is 10.1 Å². The maximum absolute atomic E-state index is 13.3. The van der Waals surface area contributed by atoms with Gasteiger partial charge >= 0.3 is 6.03 Å². The van der Waals surface area contributed by atoms with Gasteiger partial charge in [0.25, 0.3) is 5.69 Å². The molecule has 2 amide bonds. The van der Waals surface area contributed by atoms with Gasteiger partial charge in [0.05, 0.1) is 25.2 Å². The standard InChI is InChI=1S/C25H24ClN3O6/c1-33-23-12-16-10-11-28(25(30)27-18-5-3-4-17(26)13-18)22(21(16)14-24(23)34-2)15-35-20-8-6-19(7-9-20)29(31)32/h3-9,12-14,22H,10-11,15H2,1-2H3,(H,27,30)/t22-/m0/s1. The van der Waals surface area contributed by atoms with Gasteiger partial charge in [0.2, 0.25) is 0 Å². The van der Waals surface area contributed by atoms with Gasteiger partial charge in [-0.1, -0.05) is 17.7 Å². The van der Waals surface area contributed by atoms with Crippen molar-refractivity contribution in [2.75, 3.05) is 32.7 Å². The molecule has 182 valence electrons. The van der Waals surface area contributed by atoms with Crippen molar-refractivity contribution in [1.82, 2.24) is 4.90 Å². The Morgan fingerprint density at radius 1 is 1.11 bits per heavy atom. The topological polar surface area (TPSA) is 103 Å². The van der Waals surface area contributed by atoms with Crippen molar-refractivity contribution in [2.24, 2.45) is 0 Å². The molecule has 1 aliphatic heterocycles. The van der Waals surface area contributed by atoms with E-state index in [9.17, 15) is 14.9 Å². The number of hydrogen-bond donors (Lipinski definition) is 1. The van der Waals surface area contributed by atoms with Gasteiger partial charge in [0, 0.05) is 29.4 Å². The third kappa shape index (κ3) is 5.41. The molecule has 1 aliphatic rings. The molecule has 0 spiro atoms. The second-order valence-electron chi connectivity index (χ2n) is 7.87. The molecule has 1 N–H and O–H groups in total. The van der Waals surface area contributed by atoms with E-state index < -0.39 is 11.0 Å². The van der Waals surface area contributed by atoms with E-state index in [1.54, 1.807) is 43.4 Å². The van der Waals surface area contributed by atoms with Gasteiger partial charge in [0.1, 0.15) is 12.4 Å². The second kappa shape index (κ2) is 10.5. The summed E-state index contributed by atoms with van der Waals surface area (Å²) < 4.78 is 16.9. The first kappa shape index (κ1) is 24.2. The Morgan fingerprint density at radius 3 is 2.49 bits per heavy atom. The van der Waals surface area contributed by atoms with Crippen LogP contribution in [0.4, 0.5) is 16.2 Å². The SMILES string of the molecule is COc1cc2c(cc1OC)[C@H](COc1ccc([N+](=O)[O-])cc1)N(C(=O)Nc1cccc(Cl)c1)CC2. The van der Waals surface area contributed by atoms with Crippen molar-refractivity contribution >= 4 is 29.0 Å². The molecule has 1 atom stereocenters. The van der Waals surface area contributed by atoms with Gasteiger partial charge in [-0.05, 0) is 60.0 Å². The van der Waals surface area contributed by atoms with Gasteiger partial charge in [0.15, 0.2) is 11.5 Å². The van der Waals surface area contributed by atoms with Crippen molar-refractivity contribution in [3.05, 3.63) is 86.9 Å². The number of nitro benzene ring substituents is 1. The van der Waals surface area contributed by atoms with Crippen molar-refractivity contribution in [2.45, 2.75) is 12.5 Å². The third-order valence-electron chi connectivity index (χ3n) is 5.79. The first-order valence-corrected chi connectivity index (χ1v) is 11.2. The summed E-state index contributed by atoms with van der Waals surface area (Å²) >= 11 is 6.07. The molecule has 0 saturated carbocycles. The number of halogens is 1. The largest absolute Gasteiger partial charge is 0.493 e. The van der Waals surface area contributed by atoms with Crippen LogP contribution in [0.25, 0.3) is 0 Å². The number of nitrogens with zero attached hydrogens (tertiary/aromatic N) is 2. The number of fused-ring (bicyclic) bond motifs is 1. The van der Waals surface area contributed by atoms with E-state index in [1.807, 2.05) is 12.1 Å². The predicted octanol–water partition coefficient (Wildman–Crippen LogP) is 5.48. The maximum atomic E-state index is 13.3. The van der Waals surface area contributed by atoms with E-state index in [1.165, 1.54) is 24.3 Å². The van der Waals surface area contributed by atoms with Crippen LogP contribution < -0.4 is 19.5 Å². The number of carbonyl (C=O) groups excluding carboxylic acids is 1. The molecule has 4 rings (SSSR count). The summed E-state index contributed by atoms with van der Waals surface area (Å²) in [6.07, 6.45) is 0.618. The number of nitro groups is 1. The van der Waals surface area contributed by atoms with Crippen molar-refractivity contribution < 1.29 is 23.9 Å². The van der Waals surface area contributed by atoms with Crippen LogP contribution in [0, 0.1) is 10.1 Å². The zero-order chi connectivity index (χ0) is 24.9. The molecule has 3 aromatic rings. The van der Waals surface area contributed by atoms with Gasteiger partial charge in [-0.15, -0.1) is 0 Å². The van der Waals surface area contributed by atoms with Crippen LogP contribution in [0.3, 0.4) is 0 Å². The Labute approximate surface area is 207 Å². The molecule has 3 aromatic carbocycles. The molecular formula is C25H24ClN3O6. The zero-order valence-corrected chi connectivity index (χ0v) is 19.9. The van der Waals surface area contributed by atoms with E-state index in [-0.39, 0.29) is 18.3 Å². The Hall–Kier alpha value is -3.98. The highest BCUT2D eigenvalue weighted by atomic mass is 35.5. The minimum Gasteiger partial charge on any atom is -0.493 e. The number of carbonyl (C=O) groups is 1. The highest BCUT2D eigenvalue weighted by molar-refractivity contribution is 6.30. The Kier molecular flexibility index (Phi) is 7.26. The zero-order valence-electron chi connectivity index (χ0n) is 19.2. The molecule has 0 bridgehead atoms. The average molecular weight is 498 g/mol. The number of benzene rings is 3. The molecule has 0 unspecified atom stereocenters. The molecule has 0 radical (unpaired) electrons. The van der Waals surface area contributed by atoms with Crippen LogP contribution in [-0.2, 0) is 6.42 Å². The number of urea groups is 1. The molecular weight excluding hydrogens is 474 g/mol. The Bertz CT molecular complexity index is 1230. The molecule has 0 fully saturated rings. The number of ether oxygens (including phenoxy) is 3. The molecule has 35 heavy (non-hydrogen) atoms. The Morgan fingerprint density at radius 2 is 1.83 bits per heavy atom. The molecule has 0 saturated heterocycles. The lowest BCUT2D eigenvalue weighted by atomic mass is 9.92. The molecule has 0 aliphatic carbocycles. The minimum absolute atomic E-state index is 0.0280. The summed E-state index contributed by atoms with van der Waals surface area (Å²) in [5.41, 5.74) is 2.44. The molecule has 1 heterocycles. The maximum Gasteiger partial charge on any atom is 0.322 e. The first-order chi connectivity index (χ1) is 16.9. The molecule has 9 nitrogen and oxygen atoms in total. The summed E-state index contributed by atoms with van der Waals surface area (Å²) in [5.74, 6) is 1.61. The Balaban J connectivity index is 1.63. The van der Waals surface area contributed by atoms with E-state index in [0.717, 1.165) is 11.1 Å². The van der Waals surface area contributed by atoms with Crippen molar-refractivity contribution in [3.8, 4) is 17.2 Å². The number of amides is 2. The number of rotatable bonds is 7. The van der Waals surface area contributed by atoms with Crippen LogP contribution in [0.1, 0.15) is 17.2 Å². The number of non-ortho nitro benzene ring substituents is 1. The highest BCUT2D eigenvalue weighted by Gasteiger charge is 2.33. The van der Waals surface area contributed by atoms with Crippen molar-refractivity contribution in [3.63, 3.8) is 0 Å². The quantitative estimate of drug-likeness (QED) is 0.342. The fourth-order valence-electron chi connectivity index (χ4n) is 4.05. The highest BCUT2D eigenvalue weighted by Crippen LogP contribution is 2.38. The lowest BCUT2D eigenvalue weighted by molar-refractivity contribution is -0.384. The second-order valence-corrected chi connectivity index (χ2v) is 8.30. The number of hydrogen-bond acceptors (Lipinski definition) is 6. The van der Waals surface area contributed by atoms with E-state index in [2.05, 4.69) is 5.32 Å². The van der Waals surface area contributed by atoms with Crippen LogP contribution >= 0.6 is 11.6 Å². The fraction of sp³-hybridized carbons (Fsp3) is 0.240. The van der Waals surface area contributed by atoms with Crippen LogP contribution in [-0.4, -0.2) is 43.2 Å². The van der Waals surface area contributed by atoms with E-state index in [4.69, 9.17) is 25.8 Å². The van der Waals surface area contributed by atoms with Gasteiger partial charge in [-0.25, -0.2) is 4.79 Å².